The third-order valence-electron chi connectivity index (χ3n) is 6.06. The van der Waals surface area contributed by atoms with Crippen LogP contribution in [-0.2, 0) is 25.8 Å². The quantitative estimate of drug-likeness (QED) is 0.0835. The molecular formula is C23H24N7O6S3+. The number of nitrogens with one attached hydrogen (secondary N) is 1. The van der Waals surface area contributed by atoms with Gasteiger partial charge in [-0.05, 0) is 12.1 Å². The number of carboxylic acid groups (broad SMARTS) is 1. The molecule has 5 rings (SSSR count). The summed E-state index contributed by atoms with van der Waals surface area (Å²) in [6.45, 7) is 0.323. The first-order valence-corrected chi connectivity index (χ1v) is 14.5. The summed E-state index contributed by atoms with van der Waals surface area (Å²) in [4.78, 5) is 48.5. The highest BCUT2D eigenvalue weighted by Crippen LogP contribution is 2.40. The monoisotopic (exact) mass is 590 g/mol. The summed E-state index contributed by atoms with van der Waals surface area (Å²) in [6, 6.07) is 4.82. The number of aromatic nitrogens is 3. The van der Waals surface area contributed by atoms with E-state index >= 15 is 0 Å². The number of pyridine rings is 1. The van der Waals surface area contributed by atoms with Gasteiger partial charge in [0.25, 0.3) is 17.5 Å². The predicted octanol–water partition coefficient (Wildman–Crippen LogP) is 0.139. The molecular weight excluding hydrogens is 566 g/mol. The number of amides is 2. The van der Waals surface area contributed by atoms with Crippen molar-refractivity contribution in [2.75, 3.05) is 31.0 Å². The lowest BCUT2D eigenvalue weighted by molar-refractivity contribution is -0.662. The van der Waals surface area contributed by atoms with Crippen LogP contribution in [0, 0.1) is 0 Å². The number of aliphatic hydroxyl groups is 1. The van der Waals surface area contributed by atoms with E-state index in [1.54, 1.807) is 5.38 Å². The van der Waals surface area contributed by atoms with Crippen molar-refractivity contribution in [1.82, 2.24) is 19.6 Å². The van der Waals surface area contributed by atoms with Gasteiger partial charge in [-0.3, -0.25) is 14.5 Å². The standard InChI is InChI=1S/C23H23N7O6S3/c1-36-27-16(13-11-39-23(24)25-13)19(32)26-17-20(33)30-18(22(34)35)12(10-38-21(17)30)9-28-5-6-29-14(28)3-2-4-15(29)37-8-7-31/h2-6,11,17,21,31H,7-10H2,1H3,(H3-,24,25,26,32,34,35)/p+1/b27-16-/t17-,21+/m1/s1. The molecule has 0 saturated carbocycles. The van der Waals surface area contributed by atoms with Crippen LogP contribution in [0.25, 0.3) is 5.65 Å². The van der Waals surface area contributed by atoms with Crippen molar-refractivity contribution in [2.24, 2.45) is 5.16 Å². The average Bonchev–Trinajstić information content (AvgIpc) is 3.54. The van der Waals surface area contributed by atoms with Crippen molar-refractivity contribution < 1.29 is 34.0 Å². The number of anilines is 1. The fraction of sp³-hybridized carbons (Fsp3) is 0.304. The first-order chi connectivity index (χ1) is 18.8. The summed E-state index contributed by atoms with van der Waals surface area (Å²) in [6.07, 6.45) is 3.73. The third-order valence-corrected chi connectivity index (χ3v) is 9.09. The molecule has 2 amide bonds. The van der Waals surface area contributed by atoms with Gasteiger partial charge >= 0.3 is 5.97 Å². The van der Waals surface area contributed by atoms with Gasteiger partial charge in [-0.2, -0.15) is 4.40 Å². The molecule has 0 unspecified atom stereocenters. The van der Waals surface area contributed by atoms with Gasteiger partial charge in [0.05, 0.1) is 6.61 Å². The fourth-order valence-corrected chi connectivity index (χ4v) is 7.06. The molecule has 1 saturated heterocycles. The van der Waals surface area contributed by atoms with Gasteiger partial charge < -0.3 is 26.1 Å². The lowest BCUT2D eigenvalue weighted by Gasteiger charge is -2.49. The smallest absolute Gasteiger partial charge is 0.352 e. The van der Waals surface area contributed by atoms with Crippen LogP contribution < -0.4 is 15.6 Å². The van der Waals surface area contributed by atoms with Crippen LogP contribution in [0.4, 0.5) is 5.13 Å². The molecule has 1 fully saturated rings. The van der Waals surface area contributed by atoms with Crippen molar-refractivity contribution in [2.45, 2.75) is 23.0 Å². The summed E-state index contributed by atoms with van der Waals surface area (Å²) in [5.74, 6) is -1.52. The highest BCUT2D eigenvalue weighted by molar-refractivity contribution is 8.00. The predicted molar refractivity (Wildman–Crippen MR) is 145 cm³/mol. The van der Waals surface area contributed by atoms with Crippen molar-refractivity contribution in [3.63, 3.8) is 0 Å². The van der Waals surface area contributed by atoms with Crippen molar-refractivity contribution in [1.29, 1.82) is 0 Å². The Balaban J connectivity index is 1.36. The van der Waals surface area contributed by atoms with Gasteiger partial charge in [0.15, 0.2) is 15.9 Å². The largest absolute Gasteiger partial charge is 0.477 e. The van der Waals surface area contributed by atoms with E-state index < -0.39 is 29.2 Å². The van der Waals surface area contributed by atoms with Gasteiger partial charge in [0, 0.05) is 28.5 Å². The molecule has 13 nitrogen and oxygen atoms in total. The molecule has 5 heterocycles. The number of nitrogens with two attached hydrogens (primary N) is 1. The van der Waals surface area contributed by atoms with E-state index in [4.69, 9.17) is 10.6 Å². The van der Waals surface area contributed by atoms with Crippen LogP contribution >= 0.6 is 34.9 Å². The number of rotatable bonds is 10. The molecule has 204 valence electrons. The number of nitrogens with zero attached hydrogens (tertiary/aromatic N) is 5. The Morgan fingerprint density at radius 3 is 2.92 bits per heavy atom. The Hall–Kier alpha value is -3.60. The Bertz CT molecular complexity index is 1520. The van der Waals surface area contributed by atoms with Crippen LogP contribution in [0.2, 0.25) is 0 Å². The number of hydrogen-bond acceptors (Lipinski definition) is 11. The lowest BCUT2D eigenvalue weighted by atomic mass is 10.0. The minimum absolute atomic E-state index is 0.0564. The summed E-state index contributed by atoms with van der Waals surface area (Å²) in [5, 5.41) is 27.8. The molecule has 0 spiro atoms. The Morgan fingerprint density at radius 1 is 1.41 bits per heavy atom. The third kappa shape index (κ3) is 5.07. The number of fused-ring (bicyclic) bond motifs is 2. The number of nitrogen functional groups attached to an aromatic ring is 1. The van der Waals surface area contributed by atoms with Crippen molar-refractivity contribution in [3.8, 4) is 0 Å². The van der Waals surface area contributed by atoms with E-state index in [0.717, 1.165) is 22.0 Å². The highest BCUT2D eigenvalue weighted by Gasteiger charge is 2.54. The summed E-state index contributed by atoms with van der Waals surface area (Å²) in [7, 11) is 1.28. The molecule has 0 aliphatic carbocycles. The zero-order valence-corrected chi connectivity index (χ0v) is 23.0. The summed E-state index contributed by atoms with van der Waals surface area (Å²) >= 11 is 4.01. The second-order valence-corrected chi connectivity index (χ2v) is 11.5. The Labute approximate surface area is 234 Å². The SMILES string of the molecule is CO/N=C(\C(=O)N[C@@H]1C(=O)N2C(C(=O)O)=C(C[n+]3ccn4c(SCCO)cccc43)CS[C@@H]12)c1csc(N)n1. The number of hydrogen-bond donors (Lipinski definition) is 4. The molecule has 0 aromatic carbocycles. The number of β-lactam (4-membered cyclic amide) rings is 1. The minimum atomic E-state index is -1.21. The molecule has 5 N–H and O–H groups in total. The second-order valence-electron chi connectivity index (χ2n) is 8.40. The Morgan fingerprint density at radius 2 is 2.23 bits per heavy atom. The van der Waals surface area contributed by atoms with Crippen molar-refractivity contribution in [3.05, 3.63) is 52.9 Å². The van der Waals surface area contributed by atoms with Gasteiger partial charge in [-0.15, -0.1) is 23.1 Å². The van der Waals surface area contributed by atoms with E-state index in [-0.39, 0.29) is 35.4 Å². The van der Waals surface area contributed by atoms with Gasteiger partial charge in [0.2, 0.25) is 0 Å². The number of thioether (sulfide) groups is 2. The lowest BCUT2D eigenvalue weighted by Crippen LogP contribution is -2.71. The van der Waals surface area contributed by atoms with Gasteiger partial charge in [-0.1, -0.05) is 16.9 Å². The van der Waals surface area contributed by atoms with Crippen LogP contribution in [-0.4, -0.2) is 84.6 Å². The number of thiazole rings is 1. The van der Waals surface area contributed by atoms with E-state index in [1.165, 1.54) is 35.5 Å². The number of carboxylic acids is 1. The van der Waals surface area contributed by atoms with Crippen molar-refractivity contribution >= 4 is 69.1 Å². The molecule has 16 heteroatoms. The zero-order chi connectivity index (χ0) is 27.7. The molecule has 2 aliphatic heterocycles. The maximum Gasteiger partial charge on any atom is 0.352 e. The number of aliphatic carboxylic acids is 1. The number of carbonyl (C=O) groups is 3. The normalized spacial score (nSPS) is 19.2. The van der Waals surface area contributed by atoms with Gasteiger partial charge in [-0.25, -0.2) is 14.3 Å². The van der Waals surface area contributed by atoms with E-state index in [9.17, 15) is 24.6 Å². The maximum atomic E-state index is 13.1. The number of oxime groups is 1. The molecule has 0 radical (unpaired) electrons. The number of imidazole rings is 1. The Kier molecular flexibility index (Phi) is 7.79. The van der Waals surface area contributed by atoms with Crippen LogP contribution in [0.1, 0.15) is 5.69 Å². The molecule has 3 aromatic heterocycles. The zero-order valence-electron chi connectivity index (χ0n) is 20.5. The van der Waals surface area contributed by atoms with Gasteiger partial charge in [0.1, 0.15) is 48.9 Å². The summed E-state index contributed by atoms with van der Waals surface area (Å²) in [5.41, 5.74) is 7.08. The summed E-state index contributed by atoms with van der Waals surface area (Å²) < 4.78 is 3.88. The van der Waals surface area contributed by atoms with E-state index in [1.807, 2.05) is 39.6 Å². The number of aliphatic hydroxyl groups excluding tert-OH is 1. The molecule has 3 aromatic rings. The first kappa shape index (κ1) is 27.0. The number of carbonyl (C=O) groups excluding carboxylic acids is 2. The van der Waals surface area contributed by atoms with E-state index in [2.05, 4.69) is 15.5 Å². The van der Waals surface area contributed by atoms with Crippen LogP contribution in [0.15, 0.2) is 57.4 Å². The second kappa shape index (κ2) is 11.3. The first-order valence-electron chi connectivity index (χ1n) is 11.6. The topological polar surface area (TPSA) is 176 Å². The molecule has 39 heavy (non-hydrogen) atoms. The average molecular weight is 591 g/mol. The molecule has 2 atom stereocenters. The minimum Gasteiger partial charge on any atom is -0.477 e. The molecule has 0 bridgehead atoms. The fourth-order valence-electron chi connectivity index (χ4n) is 4.41. The van der Waals surface area contributed by atoms with Crippen LogP contribution in [0.5, 0.6) is 0 Å². The molecule has 2 aliphatic rings. The maximum absolute atomic E-state index is 13.1. The highest BCUT2D eigenvalue weighted by atomic mass is 32.2. The van der Waals surface area contributed by atoms with Crippen LogP contribution in [0.3, 0.4) is 0 Å². The van der Waals surface area contributed by atoms with E-state index in [0.29, 0.717) is 17.1 Å².